The molecule has 1 spiro atoms. The van der Waals surface area contributed by atoms with E-state index in [1.165, 1.54) is 0 Å². The minimum atomic E-state index is -0.679. The molecule has 0 radical (unpaired) electrons. The molecular formula is C26H37N3O4S. The number of aliphatic hydroxyl groups is 1. The summed E-state index contributed by atoms with van der Waals surface area (Å²) in [4.78, 5) is 42.5. The fourth-order valence-electron chi connectivity index (χ4n) is 6.07. The van der Waals surface area contributed by atoms with E-state index in [4.69, 9.17) is 0 Å². The van der Waals surface area contributed by atoms with Gasteiger partial charge in [0.25, 0.3) is 0 Å². The van der Waals surface area contributed by atoms with E-state index in [0.29, 0.717) is 19.5 Å². The molecule has 0 aromatic heterocycles. The van der Waals surface area contributed by atoms with Crippen LogP contribution in [0.4, 0.5) is 0 Å². The van der Waals surface area contributed by atoms with Crippen molar-refractivity contribution in [2.24, 2.45) is 11.8 Å². The van der Waals surface area contributed by atoms with E-state index in [9.17, 15) is 19.5 Å². The largest absolute Gasteiger partial charge is 0.394 e. The molecule has 3 N–H and O–H groups in total. The monoisotopic (exact) mass is 487 g/mol. The van der Waals surface area contributed by atoms with Crippen molar-refractivity contribution < 1.29 is 19.5 Å². The summed E-state index contributed by atoms with van der Waals surface area (Å²) in [5.41, 5.74) is 1.00. The third kappa shape index (κ3) is 4.35. The molecule has 3 fully saturated rings. The predicted molar refractivity (Wildman–Crippen MR) is 133 cm³/mol. The van der Waals surface area contributed by atoms with Crippen molar-refractivity contribution in [2.75, 3.05) is 19.7 Å². The number of carbonyl (C=O) groups excluding carboxylic acids is 3. The first-order valence-electron chi connectivity index (χ1n) is 12.7. The van der Waals surface area contributed by atoms with Crippen LogP contribution in [0.2, 0.25) is 0 Å². The summed E-state index contributed by atoms with van der Waals surface area (Å²) in [7, 11) is 0. The molecule has 2 bridgehead atoms. The first-order chi connectivity index (χ1) is 16.5. The van der Waals surface area contributed by atoms with E-state index in [2.05, 4.69) is 17.6 Å². The van der Waals surface area contributed by atoms with Gasteiger partial charge in [-0.3, -0.25) is 14.4 Å². The molecule has 3 heterocycles. The summed E-state index contributed by atoms with van der Waals surface area (Å²) in [5, 5.41) is 16.5. The normalized spacial score (nSPS) is 30.3. The second-order valence-electron chi connectivity index (χ2n) is 9.76. The summed E-state index contributed by atoms with van der Waals surface area (Å²) < 4.78 is -0.615. The van der Waals surface area contributed by atoms with Crippen molar-refractivity contribution in [1.82, 2.24) is 15.5 Å². The topological polar surface area (TPSA) is 98.7 Å². The Balaban J connectivity index is 1.68. The second kappa shape index (κ2) is 10.7. The van der Waals surface area contributed by atoms with Gasteiger partial charge in [-0.05, 0) is 37.7 Å². The highest BCUT2D eigenvalue weighted by molar-refractivity contribution is 8.02. The quantitative estimate of drug-likeness (QED) is 0.416. The molecule has 3 saturated heterocycles. The molecule has 3 amide bonds. The Bertz CT molecular complexity index is 897. The highest BCUT2D eigenvalue weighted by atomic mass is 32.2. The minimum absolute atomic E-state index is 0.0561. The van der Waals surface area contributed by atoms with E-state index in [1.54, 1.807) is 16.7 Å². The van der Waals surface area contributed by atoms with Crippen LogP contribution in [0.15, 0.2) is 30.3 Å². The van der Waals surface area contributed by atoms with Gasteiger partial charge in [0.15, 0.2) is 0 Å². The maximum atomic E-state index is 14.0. The molecule has 0 aliphatic carbocycles. The summed E-state index contributed by atoms with van der Waals surface area (Å²) in [6.07, 6.45) is 4.69. The van der Waals surface area contributed by atoms with E-state index in [0.717, 1.165) is 37.7 Å². The number of nitrogens with one attached hydrogen (secondary N) is 2. The molecule has 1 aromatic rings. The van der Waals surface area contributed by atoms with Gasteiger partial charge < -0.3 is 20.6 Å². The number of hydrogen-bond donors (Lipinski definition) is 3. The number of likely N-dealkylation sites (tertiary alicyclic amines) is 1. The van der Waals surface area contributed by atoms with Crippen molar-refractivity contribution in [2.45, 2.75) is 74.5 Å². The summed E-state index contributed by atoms with van der Waals surface area (Å²) in [6, 6.07) is 8.55. The Labute approximate surface area is 206 Å². The van der Waals surface area contributed by atoms with Gasteiger partial charge in [-0.15, -0.1) is 11.8 Å². The number of hydrogen-bond acceptors (Lipinski definition) is 5. The smallest absolute Gasteiger partial charge is 0.244 e. The third-order valence-electron chi connectivity index (χ3n) is 7.59. The maximum absolute atomic E-state index is 14.0. The molecule has 0 saturated carbocycles. The SMILES string of the molecule is CCCCNC(=O)C1N([C@@H](CO)Cc2ccccc2)C(=O)[C@@H]2[C@H](C(=O)NCCC)[C@@H]3CCC12S3. The van der Waals surface area contributed by atoms with Crippen LogP contribution < -0.4 is 10.6 Å². The molecule has 186 valence electrons. The molecule has 34 heavy (non-hydrogen) atoms. The first-order valence-corrected chi connectivity index (χ1v) is 13.6. The van der Waals surface area contributed by atoms with Crippen LogP contribution in [-0.4, -0.2) is 69.5 Å². The Hall–Kier alpha value is -2.06. The van der Waals surface area contributed by atoms with Crippen LogP contribution in [0, 0.1) is 11.8 Å². The molecule has 8 heteroatoms. The third-order valence-corrected chi connectivity index (χ3v) is 9.54. The van der Waals surface area contributed by atoms with Gasteiger partial charge in [0.1, 0.15) is 6.04 Å². The lowest BCUT2D eigenvalue weighted by molar-refractivity contribution is -0.142. The Morgan fingerprint density at radius 3 is 2.56 bits per heavy atom. The highest BCUT2D eigenvalue weighted by Gasteiger charge is 2.74. The molecule has 6 atom stereocenters. The number of unbranched alkanes of at least 4 members (excludes halogenated alkanes) is 1. The average molecular weight is 488 g/mol. The Morgan fingerprint density at radius 1 is 1.15 bits per heavy atom. The van der Waals surface area contributed by atoms with Crippen LogP contribution >= 0.6 is 11.8 Å². The van der Waals surface area contributed by atoms with Crippen molar-refractivity contribution >= 4 is 29.5 Å². The Kier molecular flexibility index (Phi) is 7.87. The molecule has 1 aromatic carbocycles. The molecule has 3 aliphatic heterocycles. The number of aliphatic hydroxyl groups excluding tert-OH is 1. The number of thioether (sulfide) groups is 1. The van der Waals surface area contributed by atoms with Gasteiger partial charge >= 0.3 is 0 Å². The van der Waals surface area contributed by atoms with Crippen molar-refractivity contribution in [3.8, 4) is 0 Å². The zero-order valence-electron chi connectivity index (χ0n) is 20.2. The van der Waals surface area contributed by atoms with Gasteiger partial charge in [0.2, 0.25) is 17.7 Å². The van der Waals surface area contributed by atoms with Crippen LogP contribution in [0.1, 0.15) is 51.5 Å². The van der Waals surface area contributed by atoms with E-state index in [1.807, 2.05) is 37.3 Å². The maximum Gasteiger partial charge on any atom is 0.244 e. The van der Waals surface area contributed by atoms with E-state index < -0.39 is 28.7 Å². The fraction of sp³-hybridized carbons (Fsp3) is 0.654. The second-order valence-corrected chi connectivity index (χ2v) is 11.4. The van der Waals surface area contributed by atoms with Crippen LogP contribution in [0.25, 0.3) is 0 Å². The van der Waals surface area contributed by atoms with Crippen LogP contribution in [-0.2, 0) is 20.8 Å². The van der Waals surface area contributed by atoms with Crippen molar-refractivity contribution in [3.63, 3.8) is 0 Å². The highest BCUT2D eigenvalue weighted by Crippen LogP contribution is 2.66. The lowest BCUT2D eigenvalue weighted by Gasteiger charge is -2.37. The van der Waals surface area contributed by atoms with E-state index >= 15 is 0 Å². The van der Waals surface area contributed by atoms with Crippen LogP contribution in [0.5, 0.6) is 0 Å². The number of rotatable bonds is 11. The average Bonchev–Trinajstić information content (AvgIpc) is 3.49. The molecule has 7 nitrogen and oxygen atoms in total. The van der Waals surface area contributed by atoms with Gasteiger partial charge in [0, 0.05) is 18.3 Å². The van der Waals surface area contributed by atoms with Gasteiger partial charge in [-0.1, -0.05) is 50.6 Å². The summed E-state index contributed by atoms with van der Waals surface area (Å²) in [6.45, 7) is 4.99. The van der Waals surface area contributed by atoms with E-state index in [-0.39, 0.29) is 29.6 Å². The molecular weight excluding hydrogens is 450 g/mol. The minimum Gasteiger partial charge on any atom is -0.394 e. The zero-order chi connectivity index (χ0) is 24.3. The lowest BCUT2D eigenvalue weighted by Crippen LogP contribution is -2.57. The fourth-order valence-corrected chi connectivity index (χ4v) is 8.28. The first kappa shape index (κ1) is 25.0. The van der Waals surface area contributed by atoms with Gasteiger partial charge in [-0.2, -0.15) is 0 Å². The number of fused-ring (bicyclic) bond motifs is 1. The lowest BCUT2D eigenvalue weighted by atomic mass is 9.70. The molecule has 2 unspecified atom stereocenters. The van der Waals surface area contributed by atoms with Gasteiger partial charge in [0.05, 0.1) is 29.2 Å². The number of nitrogens with zero attached hydrogens (tertiary/aromatic N) is 1. The van der Waals surface area contributed by atoms with Gasteiger partial charge in [-0.25, -0.2) is 0 Å². The molecule has 4 rings (SSSR count). The number of carbonyl (C=O) groups is 3. The van der Waals surface area contributed by atoms with Crippen molar-refractivity contribution in [3.05, 3.63) is 35.9 Å². The summed E-state index contributed by atoms with van der Waals surface area (Å²) >= 11 is 1.67. The summed E-state index contributed by atoms with van der Waals surface area (Å²) in [5.74, 6) is -1.34. The number of amides is 3. The van der Waals surface area contributed by atoms with Crippen LogP contribution in [0.3, 0.4) is 0 Å². The predicted octanol–water partition coefficient (Wildman–Crippen LogP) is 2.12. The number of benzene rings is 1. The molecule has 3 aliphatic rings. The van der Waals surface area contributed by atoms with Crippen molar-refractivity contribution in [1.29, 1.82) is 0 Å². The standard InChI is InChI=1S/C26H37N3O4S/c1-3-5-14-28-24(32)22-26-12-11-19(34-26)20(23(31)27-13-4-2)21(26)25(33)29(22)18(16-30)15-17-9-7-6-8-10-17/h6-10,18-22,30H,3-5,11-16H2,1-2H3,(H,27,31)(H,28,32)/t18-,19+,20-,21+,22?,26?/m1/s1. The zero-order valence-corrected chi connectivity index (χ0v) is 21.0. The Morgan fingerprint density at radius 2 is 1.88 bits per heavy atom.